The van der Waals surface area contributed by atoms with E-state index in [0.717, 1.165) is 9.37 Å². The van der Waals surface area contributed by atoms with Gasteiger partial charge in [0.25, 0.3) is 16.8 Å². The Kier molecular flexibility index (Phi) is 6.87. The van der Waals surface area contributed by atoms with Crippen LogP contribution in [0.3, 0.4) is 0 Å². The highest BCUT2D eigenvalue weighted by Crippen LogP contribution is 2.35. The van der Waals surface area contributed by atoms with Gasteiger partial charge in [-0.05, 0) is 60.3 Å². The van der Waals surface area contributed by atoms with Gasteiger partial charge >= 0.3 is 0 Å². The average Bonchev–Trinajstić information content (AvgIpc) is 3.36. The summed E-state index contributed by atoms with van der Waals surface area (Å²) in [7, 11) is 0. The first-order valence-corrected chi connectivity index (χ1v) is 11.5. The second kappa shape index (κ2) is 9.84. The molecule has 0 aliphatic carbocycles. The summed E-state index contributed by atoms with van der Waals surface area (Å²) in [5.41, 5.74) is 0.689. The van der Waals surface area contributed by atoms with Gasteiger partial charge in [0.2, 0.25) is 5.91 Å². The topological polar surface area (TPSA) is 123 Å². The third kappa shape index (κ3) is 5.22. The van der Waals surface area contributed by atoms with Crippen LogP contribution in [-0.2, 0) is 9.59 Å². The van der Waals surface area contributed by atoms with E-state index in [1.165, 1.54) is 18.2 Å². The Labute approximate surface area is 210 Å². The van der Waals surface area contributed by atoms with Gasteiger partial charge in [0.05, 0.1) is 9.83 Å². The molecular formula is C22H13BrClN3O6S. The van der Waals surface area contributed by atoms with Crippen LogP contribution in [-0.4, -0.2) is 33.4 Å². The molecule has 4 rings (SSSR count). The Bertz CT molecular complexity index is 1350. The maximum atomic E-state index is 12.7. The Morgan fingerprint density at radius 2 is 1.91 bits per heavy atom. The summed E-state index contributed by atoms with van der Waals surface area (Å²) in [4.78, 5) is 48.7. The van der Waals surface area contributed by atoms with Crippen molar-refractivity contribution >= 4 is 73.8 Å². The maximum absolute atomic E-state index is 12.7. The van der Waals surface area contributed by atoms with E-state index in [4.69, 9.17) is 16.0 Å². The van der Waals surface area contributed by atoms with Crippen LogP contribution in [0.5, 0.6) is 0 Å². The smallest absolute Gasteiger partial charge is 0.294 e. The summed E-state index contributed by atoms with van der Waals surface area (Å²) in [6, 6.07) is 14.2. The van der Waals surface area contributed by atoms with Crippen LogP contribution in [0.25, 0.3) is 17.4 Å². The van der Waals surface area contributed by atoms with E-state index >= 15 is 0 Å². The Hall–Kier alpha value is -3.41. The summed E-state index contributed by atoms with van der Waals surface area (Å²) >= 11 is 9.82. The lowest BCUT2D eigenvalue weighted by Crippen LogP contribution is -2.36. The predicted octanol–water partition coefficient (Wildman–Crippen LogP) is 5.95. The van der Waals surface area contributed by atoms with Gasteiger partial charge < -0.3 is 9.73 Å². The van der Waals surface area contributed by atoms with Gasteiger partial charge in [-0.3, -0.25) is 29.4 Å². The van der Waals surface area contributed by atoms with Gasteiger partial charge in [-0.2, -0.15) is 0 Å². The molecule has 1 saturated heterocycles. The molecule has 0 bridgehead atoms. The third-order valence-electron chi connectivity index (χ3n) is 4.63. The highest BCUT2D eigenvalue weighted by atomic mass is 79.9. The van der Waals surface area contributed by atoms with Crippen molar-refractivity contribution in [2.45, 2.75) is 0 Å². The lowest BCUT2D eigenvalue weighted by molar-refractivity contribution is -0.384. The molecule has 1 N–H and O–H groups in total. The van der Waals surface area contributed by atoms with Gasteiger partial charge in [0.1, 0.15) is 23.1 Å². The van der Waals surface area contributed by atoms with Gasteiger partial charge in [-0.15, -0.1) is 0 Å². The van der Waals surface area contributed by atoms with E-state index in [1.54, 1.807) is 42.5 Å². The number of hydrogen-bond donors (Lipinski definition) is 1. The Morgan fingerprint density at radius 3 is 2.62 bits per heavy atom. The molecular weight excluding hydrogens is 550 g/mol. The molecule has 172 valence electrons. The van der Waals surface area contributed by atoms with Crippen molar-refractivity contribution in [3.63, 3.8) is 0 Å². The number of carbonyl (C=O) groups excluding carboxylic acids is 3. The third-order valence-corrected chi connectivity index (χ3v) is 6.39. The highest BCUT2D eigenvalue weighted by molar-refractivity contribution is 9.10. The van der Waals surface area contributed by atoms with E-state index < -0.39 is 28.5 Å². The monoisotopic (exact) mass is 561 g/mol. The van der Waals surface area contributed by atoms with Crippen molar-refractivity contribution in [1.82, 2.24) is 4.90 Å². The number of imide groups is 1. The number of nitro groups is 1. The molecule has 9 nitrogen and oxygen atoms in total. The number of amides is 3. The van der Waals surface area contributed by atoms with Crippen LogP contribution in [0.15, 0.2) is 68.4 Å². The zero-order chi connectivity index (χ0) is 24.4. The molecule has 12 heteroatoms. The van der Waals surface area contributed by atoms with Crippen molar-refractivity contribution in [3.05, 3.63) is 84.9 Å². The van der Waals surface area contributed by atoms with Gasteiger partial charge in [0.15, 0.2) is 0 Å². The van der Waals surface area contributed by atoms with Crippen LogP contribution >= 0.6 is 39.3 Å². The molecule has 1 fully saturated rings. The van der Waals surface area contributed by atoms with E-state index in [0.29, 0.717) is 28.8 Å². The fraction of sp³-hybridized carbons (Fsp3) is 0.0455. The molecule has 0 unspecified atom stereocenters. The van der Waals surface area contributed by atoms with Crippen molar-refractivity contribution < 1.29 is 23.7 Å². The van der Waals surface area contributed by atoms with Crippen LogP contribution in [0.4, 0.5) is 16.2 Å². The number of nitrogens with zero attached hydrogens (tertiary/aromatic N) is 2. The summed E-state index contributed by atoms with van der Waals surface area (Å²) in [5.74, 6) is -0.562. The quantitative estimate of drug-likeness (QED) is 0.224. The van der Waals surface area contributed by atoms with E-state index in [1.807, 2.05) is 0 Å². The first-order chi connectivity index (χ1) is 16.2. The molecule has 34 heavy (non-hydrogen) atoms. The second-order valence-electron chi connectivity index (χ2n) is 6.95. The van der Waals surface area contributed by atoms with E-state index in [9.17, 15) is 24.5 Å². The molecule has 3 amide bonds. The zero-order valence-electron chi connectivity index (χ0n) is 17.0. The minimum Gasteiger partial charge on any atom is -0.457 e. The molecule has 0 spiro atoms. The van der Waals surface area contributed by atoms with Crippen LogP contribution in [0, 0.1) is 10.1 Å². The minimum atomic E-state index is -0.624. The fourth-order valence-electron chi connectivity index (χ4n) is 3.03. The lowest BCUT2D eigenvalue weighted by Gasteiger charge is -2.12. The molecule has 0 atom stereocenters. The highest BCUT2D eigenvalue weighted by Gasteiger charge is 2.36. The predicted molar refractivity (Wildman–Crippen MR) is 131 cm³/mol. The molecule has 2 aromatic carbocycles. The molecule has 2 heterocycles. The van der Waals surface area contributed by atoms with Gasteiger partial charge in [0, 0.05) is 27.9 Å². The lowest BCUT2D eigenvalue weighted by atomic mass is 10.1. The number of nitrogens with one attached hydrogen (secondary N) is 1. The molecule has 0 saturated carbocycles. The first kappa shape index (κ1) is 23.7. The number of anilines is 1. The largest absolute Gasteiger partial charge is 0.457 e. The van der Waals surface area contributed by atoms with Crippen molar-refractivity contribution in [3.8, 4) is 11.3 Å². The number of rotatable bonds is 6. The van der Waals surface area contributed by atoms with E-state index in [2.05, 4.69) is 21.2 Å². The van der Waals surface area contributed by atoms with Crippen molar-refractivity contribution in [2.24, 2.45) is 0 Å². The molecule has 1 aliphatic rings. The molecule has 0 radical (unpaired) electrons. The average molecular weight is 563 g/mol. The summed E-state index contributed by atoms with van der Waals surface area (Å²) in [6.07, 6.45) is 1.38. The molecule has 1 aliphatic heterocycles. The van der Waals surface area contributed by atoms with Crippen LogP contribution in [0.1, 0.15) is 5.76 Å². The fourth-order valence-corrected chi connectivity index (χ4v) is 4.30. The van der Waals surface area contributed by atoms with Crippen molar-refractivity contribution in [2.75, 3.05) is 11.9 Å². The van der Waals surface area contributed by atoms with Crippen LogP contribution in [0.2, 0.25) is 5.02 Å². The van der Waals surface area contributed by atoms with E-state index in [-0.39, 0.29) is 21.4 Å². The van der Waals surface area contributed by atoms with Gasteiger partial charge in [-0.25, -0.2) is 0 Å². The maximum Gasteiger partial charge on any atom is 0.294 e. The zero-order valence-corrected chi connectivity index (χ0v) is 20.1. The normalized spacial score (nSPS) is 14.6. The number of halogens is 2. The standard InChI is InChI=1S/C22H13BrClN3O6S/c23-13-2-4-14(5-3-13)25-20(28)11-26-21(29)19(34-22(26)30)10-15-6-8-18(33-15)12-1-7-16(24)17(9-12)27(31)32/h1-10H,11H2,(H,25,28)/b19-10+. The first-order valence-electron chi connectivity index (χ1n) is 9.56. The molecule has 1 aromatic heterocycles. The summed E-state index contributed by atoms with van der Waals surface area (Å²) < 4.78 is 6.52. The summed E-state index contributed by atoms with van der Waals surface area (Å²) in [5, 5.41) is 13.2. The second-order valence-corrected chi connectivity index (χ2v) is 9.26. The number of carbonyl (C=O) groups is 3. The van der Waals surface area contributed by atoms with Crippen LogP contribution < -0.4 is 5.32 Å². The number of furan rings is 1. The molecule has 3 aromatic rings. The Morgan fingerprint density at radius 1 is 1.18 bits per heavy atom. The number of benzene rings is 2. The number of thioether (sulfide) groups is 1. The van der Waals surface area contributed by atoms with Crippen molar-refractivity contribution in [1.29, 1.82) is 0 Å². The number of hydrogen-bond acceptors (Lipinski definition) is 7. The number of nitro benzene ring substituents is 1. The Balaban J connectivity index is 1.47. The SMILES string of the molecule is O=C(CN1C(=O)S/C(=C/c2ccc(-c3ccc(Cl)c([N+](=O)[O-])c3)o2)C1=O)Nc1ccc(Br)cc1. The van der Waals surface area contributed by atoms with Gasteiger partial charge in [-0.1, -0.05) is 27.5 Å². The summed E-state index contributed by atoms with van der Waals surface area (Å²) in [6.45, 7) is -0.435. The minimum absolute atomic E-state index is 0.00150.